The standard InChI is InChI=1S/C14H21N3O3/c1-9(2)13(18)16-6-7-17-14(19)11-5-4-10(15)8-12(11)20-3/h4-5,8-9H,6-7,15H2,1-3H3,(H,16,18)(H,17,19). The van der Waals surface area contributed by atoms with E-state index in [1.165, 1.54) is 7.11 Å². The van der Waals surface area contributed by atoms with Gasteiger partial charge in [-0.3, -0.25) is 9.59 Å². The van der Waals surface area contributed by atoms with E-state index in [0.29, 0.717) is 30.1 Å². The van der Waals surface area contributed by atoms with Crippen LogP contribution in [0.4, 0.5) is 5.69 Å². The van der Waals surface area contributed by atoms with E-state index in [0.717, 1.165) is 0 Å². The minimum Gasteiger partial charge on any atom is -0.496 e. The molecule has 2 amide bonds. The third-order valence-electron chi connectivity index (χ3n) is 2.70. The third-order valence-corrected chi connectivity index (χ3v) is 2.70. The van der Waals surface area contributed by atoms with Crippen molar-refractivity contribution in [1.82, 2.24) is 10.6 Å². The normalized spacial score (nSPS) is 10.2. The fourth-order valence-corrected chi connectivity index (χ4v) is 1.56. The summed E-state index contributed by atoms with van der Waals surface area (Å²) in [6.07, 6.45) is 0. The Labute approximate surface area is 118 Å². The predicted molar refractivity (Wildman–Crippen MR) is 77.6 cm³/mol. The molecule has 20 heavy (non-hydrogen) atoms. The van der Waals surface area contributed by atoms with Crippen LogP contribution in [0.2, 0.25) is 0 Å². The van der Waals surface area contributed by atoms with Crippen LogP contribution in [0.1, 0.15) is 24.2 Å². The first-order valence-electron chi connectivity index (χ1n) is 6.45. The Bertz CT molecular complexity index is 487. The number of hydrogen-bond acceptors (Lipinski definition) is 4. The maximum absolute atomic E-state index is 12.0. The third kappa shape index (κ3) is 4.46. The summed E-state index contributed by atoms with van der Waals surface area (Å²) in [6.45, 7) is 4.37. The van der Waals surface area contributed by atoms with Gasteiger partial charge in [0.15, 0.2) is 0 Å². The van der Waals surface area contributed by atoms with Crippen molar-refractivity contribution in [2.24, 2.45) is 5.92 Å². The van der Waals surface area contributed by atoms with Crippen LogP contribution in [0.15, 0.2) is 18.2 Å². The van der Waals surface area contributed by atoms with Crippen molar-refractivity contribution in [3.8, 4) is 5.75 Å². The minimum atomic E-state index is -0.263. The summed E-state index contributed by atoms with van der Waals surface area (Å²) in [4.78, 5) is 23.3. The van der Waals surface area contributed by atoms with Crippen molar-refractivity contribution >= 4 is 17.5 Å². The molecular formula is C14H21N3O3. The average molecular weight is 279 g/mol. The molecule has 0 radical (unpaired) electrons. The fourth-order valence-electron chi connectivity index (χ4n) is 1.56. The monoisotopic (exact) mass is 279 g/mol. The first-order valence-corrected chi connectivity index (χ1v) is 6.45. The SMILES string of the molecule is COc1cc(N)ccc1C(=O)NCCNC(=O)C(C)C. The van der Waals surface area contributed by atoms with Gasteiger partial charge in [-0.15, -0.1) is 0 Å². The molecule has 0 saturated heterocycles. The molecule has 0 aliphatic carbocycles. The molecule has 0 bridgehead atoms. The number of hydrogen-bond donors (Lipinski definition) is 3. The summed E-state index contributed by atoms with van der Waals surface area (Å²) in [6, 6.07) is 4.84. The second-order valence-corrected chi connectivity index (χ2v) is 4.66. The number of nitrogens with two attached hydrogens (primary N) is 1. The van der Waals surface area contributed by atoms with Gasteiger partial charge in [-0.05, 0) is 12.1 Å². The van der Waals surface area contributed by atoms with E-state index in [9.17, 15) is 9.59 Å². The van der Waals surface area contributed by atoms with Gasteiger partial charge in [-0.25, -0.2) is 0 Å². The number of benzene rings is 1. The van der Waals surface area contributed by atoms with Crippen molar-refractivity contribution in [1.29, 1.82) is 0 Å². The zero-order chi connectivity index (χ0) is 15.1. The van der Waals surface area contributed by atoms with E-state index >= 15 is 0 Å². The van der Waals surface area contributed by atoms with Gasteiger partial charge in [0.25, 0.3) is 5.91 Å². The van der Waals surface area contributed by atoms with E-state index in [1.54, 1.807) is 18.2 Å². The zero-order valence-corrected chi connectivity index (χ0v) is 12.0. The Morgan fingerprint density at radius 1 is 1.25 bits per heavy atom. The molecule has 0 fully saturated rings. The molecule has 0 heterocycles. The Morgan fingerprint density at radius 3 is 2.50 bits per heavy atom. The number of nitrogen functional groups attached to an aromatic ring is 1. The van der Waals surface area contributed by atoms with Crippen LogP contribution in [0.3, 0.4) is 0 Å². The van der Waals surface area contributed by atoms with Gasteiger partial charge in [0, 0.05) is 30.8 Å². The summed E-state index contributed by atoms with van der Waals surface area (Å²) in [5.74, 6) is 0.0570. The van der Waals surface area contributed by atoms with Crippen LogP contribution in [0.5, 0.6) is 5.75 Å². The molecular weight excluding hydrogens is 258 g/mol. The smallest absolute Gasteiger partial charge is 0.255 e. The molecule has 0 aliphatic rings. The number of anilines is 1. The lowest BCUT2D eigenvalue weighted by Gasteiger charge is -2.11. The second kappa shape index (κ2) is 7.37. The average Bonchev–Trinajstić information content (AvgIpc) is 2.42. The van der Waals surface area contributed by atoms with Gasteiger partial charge in [0.05, 0.1) is 12.7 Å². The number of methoxy groups -OCH3 is 1. The lowest BCUT2D eigenvalue weighted by molar-refractivity contribution is -0.123. The summed E-state index contributed by atoms with van der Waals surface area (Å²) < 4.78 is 5.11. The molecule has 4 N–H and O–H groups in total. The van der Waals surface area contributed by atoms with E-state index in [-0.39, 0.29) is 17.7 Å². The molecule has 6 nitrogen and oxygen atoms in total. The van der Waals surface area contributed by atoms with Gasteiger partial charge in [0.2, 0.25) is 5.91 Å². The second-order valence-electron chi connectivity index (χ2n) is 4.66. The van der Waals surface area contributed by atoms with Crippen LogP contribution in [0.25, 0.3) is 0 Å². The van der Waals surface area contributed by atoms with Crippen molar-refractivity contribution in [3.63, 3.8) is 0 Å². The number of rotatable bonds is 6. The van der Waals surface area contributed by atoms with Crippen molar-refractivity contribution in [2.45, 2.75) is 13.8 Å². The van der Waals surface area contributed by atoms with Gasteiger partial charge < -0.3 is 21.1 Å². The summed E-state index contributed by atoms with van der Waals surface area (Å²) in [5, 5.41) is 5.43. The van der Waals surface area contributed by atoms with Crippen LogP contribution in [-0.2, 0) is 4.79 Å². The van der Waals surface area contributed by atoms with Crippen LogP contribution >= 0.6 is 0 Å². The maximum atomic E-state index is 12.0. The molecule has 1 aromatic rings. The number of carbonyl (C=O) groups excluding carboxylic acids is 2. The summed E-state index contributed by atoms with van der Waals surface area (Å²) >= 11 is 0. The predicted octanol–water partition coefficient (Wildman–Crippen LogP) is 0.779. The molecule has 0 aromatic heterocycles. The quantitative estimate of drug-likeness (QED) is 0.530. The van der Waals surface area contributed by atoms with Crippen molar-refractivity contribution < 1.29 is 14.3 Å². The fraction of sp³-hybridized carbons (Fsp3) is 0.429. The molecule has 0 aliphatic heterocycles. The first kappa shape index (κ1) is 15.8. The Kier molecular flexibility index (Phi) is 5.83. The Balaban J connectivity index is 2.49. The minimum absolute atomic E-state index is 0.0377. The number of amides is 2. The number of carbonyl (C=O) groups is 2. The highest BCUT2D eigenvalue weighted by molar-refractivity contribution is 5.97. The molecule has 0 atom stereocenters. The maximum Gasteiger partial charge on any atom is 0.255 e. The van der Waals surface area contributed by atoms with E-state index in [1.807, 2.05) is 13.8 Å². The highest BCUT2D eigenvalue weighted by Crippen LogP contribution is 2.21. The van der Waals surface area contributed by atoms with Crippen molar-refractivity contribution in [2.75, 3.05) is 25.9 Å². The molecule has 110 valence electrons. The highest BCUT2D eigenvalue weighted by atomic mass is 16.5. The molecule has 6 heteroatoms. The van der Waals surface area contributed by atoms with Gasteiger partial charge in [-0.2, -0.15) is 0 Å². The number of ether oxygens (including phenoxy) is 1. The van der Waals surface area contributed by atoms with E-state index < -0.39 is 0 Å². The molecule has 0 spiro atoms. The Hall–Kier alpha value is -2.24. The Morgan fingerprint density at radius 2 is 1.90 bits per heavy atom. The van der Waals surface area contributed by atoms with Crippen LogP contribution in [0, 0.1) is 5.92 Å². The summed E-state index contributed by atoms with van der Waals surface area (Å²) in [7, 11) is 1.48. The molecule has 0 unspecified atom stereocenters. The zero-order valence-electron chi connectivity index (χ0n) is 12.0. The van der Waals surface area contributed by atoms with E-state index in [2.05, 4.69) is 10.6 Å². The molecule has 1 rings (SSSR count). The lowest BCUT2D eigenvalue weighted by Crippen LogP contribution is -2.36. The number of nitrogens with one attached hydrogen (secondary N) is 2. The van der Waals surface area contributed by atoms with Crippen LogP contribution < -0.4 is 21.1 Å². The summed E-state index contributed by atoms with van der Waals surface area (Å²) in [5.41, 5.74) is 6.57. The van der Waals surface area contributed by atoms with Gasteiger partial charge >= 0.3 is 0 Å². The van der Waals surface area contributed by atoms with E-state index in [4.69, 9.17) is 10.5 Å². The topological polar surface area (TPSA) is 93.4 Å². The van der Waals surface area contributed by atoms with Gasteiger partial charge in [0.1, 0.15) is 5.75 Å². The lowest BCUT2D eigenvalue weighted by atomic mass is 10.1. The molecule has 1 aromatic carbocycles. The van der Waals surface area contributed by atoms with Crippen molar-refractivity contribution in [3.05, 3.63) is 23.8 Å². The van der Waals surface area contributed by atoms with Gasteiger partial charge in [-0.1, -0.05) is 13.8 Å². The first-order chi connectivity index (χ1) is 9.45. The largest absolute Gasteiger partial charge is 0.496 e. The van der Waals surface area contributed by atoms with Crippen LogP contribution in [-0.4, -0.2) is 32.0 Å². The highest BCUT2D eigenvalue weighted by Gasteiger charge is 2.12. The molecule has 0 saturated carbocycles.